The van der Waals surface area contributed by atoms with E-state index in [1.807, 2.05) is 79.7 Å². The maximum absolute atomic E-state index is 4.89. The summed E-state index contributed by atoms with van der Waals surface area (Å²) in [5, 5.41) is 12.9. The molecule has 0 radical (unpaired) electrons. The molecule has 0 unspecified atom stereocenters. The quantitative estimate of drug-likeness (QED) is 0.406. The lowest BCUT2D eigenvalue weighted by molar-refractivity contribution is 1.11. The highest BCUT2D eigenvalue weighted by atomic mass is 15.2. The fraction of sp³-hybridized carbons (Fsp3) is 0.0417. The lowest BCUT2D eigenvalue weighted by Crippen LogP contribution is -2.00. The zero-order valence-corrected chi connectivity index (χ0v) is 15.9. The molecule has 140 valence electrons. The number of H-pyrrole nitrogens is 1. The monoisotopic (exact) mass is 377 g/mol. The van der Waals surface area contributed by atoms with Gasteiger partial charge in [0.1, 0.15) is 5.82 Å². The SMILES string of the molecule is C/C=C/c1ccccc1-c1nc(Nc2n[nH]c3ccccc23)c2ccccc2n1. The van der Waals surface area contributed by atoms with Gasteiger partial charge in [0.05, 0.1) is 11.0 Å². The Morgan fingerprint density at radius 1 is 0.793 bits per heavy atom. The number of fused-ring (bicyclic) bond motifs is 2. The van der Waals surface area contributed by atoms with E-state index in [0.29, 0.717) is 5.82 Å². The number of nitrogens with one attached hydrogen (secondary N) is 2. The Bertz CT molecular complexity index is 1350. The van der Waals surface area contributed by atoms with Crippen LogP contribution in [0.25, 0.3) is 39.3 Å². The number of hydrogen-bond acceptors (Lipinski definition) is 4. The highest BCUT2D eigenvalue weighted by Gasteiger charge is 2.13. The highest BCUT2D eigenvalue weighted by molar-refractivity contribution is 5.97. The molecule has 0 atom stereocenters. The van der Waals surface area contributed by atoms with Gasteiger partial charge in [0.25, 0.3) is 0 Å². The number of aromatic amines is 1. The van der Waals surface area contributed by atoms with Gasteiger partial charge in [0.2, 0.25) is 0 Å². The summed E-state index contributed by atoms with van der Waals surface area (Å²) in [5.41, 5.74) is 3.94. The number of rotatable bonds is 4. The molecule has 2 aromatic heterocycles. The molecule has 2 heterocycles. The van der Waals surface area contributed by atoms with Crippen LogP contribution < -0.4 is 5.32 Å². The number of benzene rings is 3. The fourth-order valence-corrected chi connectivity index (χ4v) is 3.49. The molecule has 5 aromatic rings. The topological polar surface area (TPSA) is 66.5 Å². The van der Waals surface area contributed by atoms with Crippen molar-refractivity contribution >= 4 is 39.5 Å². The number of anilines is 2. The van der Waals surface area contributed by atoms with Gasteiger partial charge in [-0.15, -0.1) is 0 Å². The summed E-state index contributed by atoms with van der Waals surface area (Å²) < 4.78 is 0. The van der Waals surface area contributed by atoms with Crippen LogP contribution in [0.15, 0.2) is 78.9 Å². The summed E-state index contributed by atoms with van der Waals surface area (Å²) in [6.45, 7) is 2.01. The minimum absolute atomic E-state index is 0.680. The van der Waals surface area contributed by atoms with E-state index >= 15 is 0 Å². The van der Waals surface area contributed by atoms with Crippen LogP contribution in [0, 0.1) is 0 Å². The summed E-state index contributed by atoms with van der Waals surface area (Å²) in [7, 11) is 0. The van der Waals surface area contributed by atoms with Gasteiger partial charge in [-0.25, -0.2) is 9.97 Å². The molecule has 5 rings (SSSR count). The Morgan fingerprint density at radius 2 is 1.55 bits per heavy atom. The first-order chi connectivity index (χ1) is 14.3. The number of aromatic nitrogens is 4. The smallest absolute Gasteiger partial charge is 0.162 e. The zero-order valence-electron chi connectivity index (χ0n) is 15.9. The van der Waals surface area contributed by atoms with Gasteiger partial charge in [0.15, 0.2) is 11.6 Å². The number of nitrogens with zero attached hydrogens (tertiary/aromatic N) is 3. The summed E-state index contributed by atoms with van der Waals surface area (Å²) in [6.07, 6.45) is 4.09. The van der Waals surface area contributed by atoms with Gasteiger partial charge >= 0.3 is 0 Å². The molecular weight excluding hydrogens is 358 g/mol. The van der Waals surface area contributed by atoms with Crippen molar-refractivity contribution in [2.45, 2.75) is 6.92 Å². The molecule has 0 spiro atoms. The molecule has 5 nitrogen and oxygen atoms in total. The normalized spacial score (nSPS) is 11.5. The molecule has 29 heavy (non-hydrogen) atoms. The van der Waals surface area contributed by atoms with Crippen molar-refractivity contribution < 1.29 is 0 Å². The van der Waals surface area contributed by atoms with Crippen molar-refractivity contribution in [2.24, 2.45) is 0 Å². The molecule has 0 aliphatic carbocycles. The van der Waals surface area contributed by atoms with Crippen LogP contribution in [0.5, 0.6) is 0 Å². The van der Waals surface area contributed by atoms with Crippen LogP contribution in [-0.4, -0.2) is 20.2 Å². The molecular formula is C24H19N5. The summed E-state index contributed by atoms with van der Waals surface area (Å²) in [6, 6.07) is 24.2. The van der Waals surface area contributed by atoms with E-state index in [1.54, 1.807) is 0 Å². The third-order valence-corrected chi connectivity index (χ3v) is 4.86. The molecule has 0 bridgehead atoms. The minimum atomic E-state index is 0.680. The van der Waals surface area contributed by atoms with Gasteiger partial charge < -0.3 is 5.32 Å². The van der Waals surface area contributed by atoms with Crippen molar-refractivity contribution in [3.8, 4) is 11.4 Å². The third kappa shape index (κ3) is 3.12. The second kappa shape index (κ2) is 7.20. The average Bonchev–Trinajstić information content (AvgIpc) is 3.17. The van der Waals surface area contributed by atoms with E-state index in [-0.39, 0.29) is 0 Å². The van der Waals surface area contributed by atoms with Gasteiger partial charge in [-0.05, 0) is 36.8 Å². The van der Waals surface area contributed by atoms with Gasteiger partial charge in [-0.2, -0.15) is 5.10 Å². The Kier molecular flexibility index (Phi) is 4.26. The largest absolute Gasteiger partial charge is 0.322 e. The Hall–Kier alpha value is -3.99. The predicted molar refractivity (Wildman–Crippen MR) is 119 cm³/mol. The Balaban J connectivity index is 1.69. The van der Waals surface area contributed by atoms with Crippen LogP contribution in [-0.2, 0) is 0 Å². The van der Waals surface area contributed by atoms with Gasteiger partial charge in [-0.3, -0.25) is 5.10 Å². The Labute approximate surface area is 168 Å². The molecule has 5 heteroatoms. The molecule has 3 aromatic carbocycles. The maximum atomic E-state index is 4.89. The molecule has 0 aliphatic rings. The molecule has 0 saturated carbocycles. The predicted octanol–water partition coefficient (Wildman–Crippen LogP) is 5.95. The molecule has 0 fully saturated rings. The number of para-hydroxylation sites is 2. The average molecular weight is 377 g/mol. The lowest BCUT2D eigenvalue weighted by atomic mass is 10.1. The Morgan fingerprint density at radius 3 is 2.45 bits per heavy atom. The summed E-state index contributed by atoms with van der Waals surface area (Å²) in [5.74, 6) is 2.16. The van der Waals surface area contributed by atoms with E-state index in [0.717, 1.165) is 44.6 Å². The van der Waals surface area contributed by atoms with E-state index in [4.69, 9.17) is 9.97 Å². The first kappa shape index (κ1) is 17.1. The third-order valence-electron chi connectivity index (χ3n) is 4.86. The maximum Gasteiger partial charge on any atom is 0.162 e. The number of allylic oxidation sites excluding steroid dienone is 1. The number of hydrogen-bond donors (Lipinski definition) is 2. The highest BCUT2D eigenvalue weighted by Crippen LogP contribution is 2.30. The standard InChI is InChI=1S/C24H19N5/c1-2-9-16-10-3-4-11-17(16)22-25-20-14-7-5-12-18(20)23(26-22)27-24-19-13-6-8-15-21(19)28-29-24/h2-15H,1H3,(H2,25,26,27,28,29)/b9-2+. The van der Waals surface area contributed by atoms with E-state index in [1.165, 1.54) is 0 Å². The summed E-state index contributed by atoms with van der Waals surface area (Å²) in [4.78, 5) is 9.71. The van der Waals surface area contributed by atoms with Gasteiger partial charge in [-0.1, -0.05) is 60.7 Å². The van der Waals surface area contributed by atoms with Crippen LogP contribution in [0.3, 0.4) is 0 Å². The fourth-order valence-electron chi connectivity index (χ4n) is 3.49. The first-order valence-corrected chi connectivity index (χ1v) is 9.52. The summed E-state index contributed by atoms with van der Waals surface area (Å²) >= 11 is 0. The van der Waals surface area contributed by atoms with Crippen LogP contribution in [0.4, 0.5) is 11.6 Å². The van der Waals surface area contributed by atoms with Crippen molar-refractivity contribution in [1.82, 2.24) is 20.2 Å². The van der Waals surface area contributed by atoms with Crippen molar-refractivity contribution in [2.75, 3.05) is 5.32 Å². The molecule has 0 amide bonds. The van der Waals surface area contributed by atoms with Crippen molar-refractivity contribution in [1.29, 1.82) is 0 Å². The lowest BCUT2D eigenvalue weighted by Gasteiger charge is -2.11. The molecule has 2 N–H and O–H groups in total. The van der Waals surface area contributed by atoms with Crippen LogP contribution >= 0.6 is 0 Å². The van der Waals surface area contributed by atoms with E-state index in [2.05, 4.69) is 27.7 Å². The minimum Gasteiger partial charge on any atom is -0.322 e. The van der Waals surface area contributed by atoms with Crippen molar-refractivity contribution in [3.05, 3.63) is 84.4 Å². The second-order valence-corrected chi connectivity index (χ2v) is 6.74. The molecule has 0 aliphatic heterocycles. The second-order valence-electron chi connectivity index (χ2n) is 6.74. The van der Waals surface area contributed by atoms with E-state index < -0.39 is 0 Å². The van der Waals surface area contributed by atoms with Crippen molar-refractivity contribution in [3.63, 3.8) is 0 Å². The van der Waals surface area contributed by atoms with Crippen LogP contribution in [0.2, 0.25) is 0 Å². The molecule has 0 saturated heterocycles. The zero-order chi connectivity index (χ0) is 19.6. The van der Waals surface area contributed by atoms with E-state index in [9.17, 15) is 0 Å². The van der Waals surface area contributed by atoms with Gasteiger partial charge in [0, 0.05) is 16.3 Å². The van der Waals surface area contributed by atoms with Crippen LogP contribution in [0.1, 0.15) is 12.5 Å². The first-order valence-electron chi connectivity index (χ1n) is 9.52.